The molecule has 1 aliphatic heterocycles. The summed E-state index contributed by atoms with van der Waals surface area (Å²) < 4.78 is 0. The molecule has 1 saturated heterocycles. The highest BCUT2D eigenvalue weighted by Gasteiger charge is 2.44. The van der Waals surface area contributed by atoms with E-state index >= 15 is 0 Å². The predicted molar refractivity (Wildman–Crippen MR) is 117 cm³/mol. The Morgan fingerprint density at radius 1 is 0.967 bits per heavy atom. The Morgan fingerprint density at radius 2 is 1.57 bits per heavy atom. The van der Waals surface area contributed by atoms with E-state index in [9.17, 15) is 14.4 Å². The van der Waals surface area contributed by atoms with E-state index in [1.807, 2.05) is 74.4 Å². The first-order chi connectivity index (χ1) is 14.2. The van der Waals surface area contributed by atoms with E-state index < -0.39 is 12.1 Å². The Hall–Kier alpha value is -3.35. The topological polar surface area (TPSA) is 64.2 Å². The van der Waals surface area contributed by atoms with E-state index in [0.29, 0.717) is 12.2 Å². The average molecular weight is 409 g/mol. The molecule has 158 valence electrons. The van der Waals surface area contributed by atoms with E-state index in [4.69, 9.17) is 0 Å². The van der Waals surface area contributed by atoms with Gasteiger partial charge in [0.25, 0.3) is 5.91 Å². The second kappa shape index (κ2) is 8.57. The van der Waals surface area contributed by atoms with Crippen LogP contribution in [0.2, 0.25) is 0 Å². The van der Waals surface area contributed by atoms with Gasteiger partial charge in [-0.3, -0.25) is 19.4 Å². The monoisotopic (exact) mass is 408 g/mol. The normalized spacial score (nSPS) is 16.2. The number of benzene rings is 2. The van der Waals surface area contributed by atoms with Crippen molar-refractivity contribution < 1.29 is 14.4 Å². The molecule has 0 spiro atoms. The Labute approximate surface area is 177 Å². The summed E-state index contributed by atoms with van der Waals surface area (Å²) in [6.45, 7) is 3.77. The molecule has 0 radical (unpaired) electrons. The number of rotatable bonds is 6. The summed E-state index contributed by atoms with van der Waals surface area (Å²) in [4.78, 5) is 44.3. The van der Waals surface area contributed by atoms with Gasteiger partial charge in [0.15, 0.2) is 0 Å². The highest BCUT2D eigenvalue weighted by molar-refractivity contribution is 6.15. The lowest BCUT2D eigenvalue weighted by molar-refractivity contribution is -0.136. The number of nitrogens with zero attached hydrogens (tertiary/aromatic N) is 4. The van der Waals surface area contributed by atoms with Crippen LogP contribution >= 0.6 is 0 Å². The van der Waals surface area contributed by atoms with Crippen molar-refractivity contribution in [3.05, 3.63) is 59.7 Å². The summed E-state index contributed by atoms with van der Waals surface area (Å²) in [6.07, 6.45) is 0. The van der Waals surface area contributed by atoms with Gasteiger partial charge in [-0.15, -0.1) is 0 Å². The third-order valence-electron chi connectivity index (χ3n) is 5.35. The highest BCUT2D eigenvalue weighted by Crippen LogP contribution is 2.26. The molecule has 0 aliphatic carbocycles. The molecule has 3 rings (SSSR count). The van der Waals surface area contributed by atoms with Crippen LogP contribution in [0.3, 0.4) is 0 Å². The highest BCUT2D eigenvalue weighted by atomic mass is 16.2. The SMILES string of the molecule is Cc1ccc(N2C(=O)N(CC(=O)N(C)Cc3ccc(N(C)C)cc3)C(=O)[C@H]2C)cc1. The van der Waals surface area contributed by atoms with Crippen molar-refractivity contribution in [1.82, 2.24) is 9.80 Å². The molecule has 2 aromatic rings. The van der Waals surface area contributed by atoms with Crippen LogP contribution in [0.5, 0.6) is 0 Å². The lowest BCUT2D eigenvalue weighted by Crippen LogP contribution is -2.42. The molecule has 0 bridgehead atoms. The first-order valence-corrected chi connectivity index (χ1v) is 9.90. The Balaban J connectivity index is 1.67. The van der Waals surface area contributed by atoms with Gasteiger partial charge in [-0.2, -0.15) is 0 Å². The molecular weight excluding hydrogens is 380 g/mol. The molecule has 1 fully saturated rings. The minimum absolute atomic E-state index is 0.267. The molecule has 2 aromatic carbocycles. The first kappa shape index (κ1) is 21.4. The lowest BCUT2D eigenvalue weighted by Gasteiger charge is -2.22. The van der Waals surface area contributed by atoms with E-state index in [1.165, 1.54) is 9.80 Å². The van der Waals surface area contributed by atoms with Crippen LogP contribution in [-0.2, 0) is 16.1 Å². The van der Waals surface area contributed by atoms with E-state index in [-0.39, 0.29) is 18.4 Å². The maximum Gasteiger partial charge on any atom is 0.332 e. The fourth-order valence-electron chi connectivity index (χ4n) is 3.43. The van der Waals surface area contributed by atoms with Crippen LogP contribution in [0.4, 0.5) is 16.2 Å². The van der Waals surface area contributed by atoms with Crippen molar-refractivity contribution in [2.75, 3.05) is 37.5 Å². The number of hydrogen-bond acceptors (Lipinski definition) is 4. The Morgan fingerprint density at radius 3 is 2.13 bits per heavy atom. The van der Waals surface area contributed by atoms with Crippen LogP contribution in [0.25, 0.3) is 0 Å². The third kappa shape index (κ3) is 4.30. The van der Waals surface area contributed by atoms with Gasteiger partial charge < -0.3 is 9.80 Å². The van der Waals surface area contributed by atoms with Crippen molar-refractivity contribution in [3.8, 4) is 0 Å². The van der Waals surface area contributed by atoms with Gasteiger partial charge in [0, 0.05) is 39.1 Å². The summed E-state index contributed by atoms with van der Waals surface area (Å²) in [5.74, 6) is -0.649. The minimum Gasteiger partial charge on any atom is -0.378 e. The van der Waals surface area contributed by atoms with E-state index in [0.717, 1.165) is 21.7 Å². The van der Waals surface area contributed by atoms with Gasteiger partial charge in [0.05, 0.1) is 0 Å². The summed E-state index contributed by atoms with van der Waals surface area (Å²) in [5.41, 5.74) is 3.77. The summed E-state index contributed by atoms with van der Waals surface area (Å²) in [6, 6.07) is 14.2. The molecule has 0 saturated carbocycles. The number of likely N-dealkylation sites (N-methyl/N-ethyl adjacent to an activating group) is 1. The van der Waals surface area contributed by atoms with Crippen molar-refractivity contribution in [2.24, 2.45) is 0 Å². The number of carbonyl (C=O) groups excluding carboxylic acids is 3. The quantitative estimate of drug-likeness (QED) is 0.690. The summed E-state index contributed by atoms with van der Waals surface area (Å²) in [5, 5.41) is 0. The predicted octanol–water partition coefficient (Wildman–Crippen LogP) is 2.88. The Bertz CT molecular complexity index is 938. The summed E-state index contributed by atoms with van der Waals surface area (Å²) >= 11 is 0. The molecule has 7 heteroatoms. The molecule has 1 atom stereocenters. The number of urea groups is 1. The van der Waals surface area contributed by atoms with Gasteiger partial charge >= 0.3 is 6.03 Å². The van der Waals surface area contributed by atoms with Crippen LogP contribution in [0, 0.1) is 6.92 Å². The second-order valence-electron chi connectivity index (χ2n) is 7.90. The van der Waals surface area contributed by atoms with Gasteiger partial charge in [0.1, 0.15) is 12.6 Å². The number of carbonyl (C=O) groups is 3. The summed E-state index contributed by atoms with van der Waals surface area (Å²) in [7, 11) is 5.61. The molecule has 0 unspecified atom stereocenters. The van der Waals surface area contributed by atoms with Gasteiger partial charge in [-0.1, -0.05) is 29.8 Å². The van der Waals surface area contributed by atoms with Crippen LogP contribution < -0.4 is 9.80 Å². The Kier molecular flexibility index (Phi) is 6.10. The molecule has 4 amide bonds. The smallest absolute Gasteiger partial charge is 0.332 e. The molecule has 1 heterocycles. The molecule has 7 nitrogen and oxygen atoms in total. The van der Waals surface area contributed by atoms with Gasteiger partial charge in [-0.05, 0) is 43.7 Å². The van der Waals surface area contributed by atoms with Gasteiger partial charge in [-0.25, -0.2) is 4.79 Å². The zero-order valence-corrected chi connectivity index (χ0v) is 18.1. The van der Waals surface area contributed by atoms with Crippen LogP contribution in [-0.4, -0.2) is 61.4 Å². The number of aryl methyl sites for hydroxylation is 1. The van der Waals surface area contributed by atoms with Crippen molar-refractivity contribution in [2.45, 2.75) is 26.4 Å². The second-order valence-corrected chi connectivity index (χ2v) is 7.90. The molecule has 30 heavy (non-hydrogen) atoms. The number of anilines is 2. The maximum absolute atomic E-state index is 12.9. The molecule has 0 N–H and O–H groups in total. The largest absolute Gasteiger partial charge is 0.378 e. The van der Waals surface area contributed by atoms with E-state index in [1.54, 1.807) is 14.0 Å². The number of hydrogen-bond donors (Lipinski definition) is 0. The minimum atomic E-state index is -0.642. The van der Waals surface area contributed by atoms with Crippen molar-refractivity contribution in [1.29, 1.82) is 0 Å². The van der Waals surface area contributed by atoms with Crippen molar-refractivity contribution in [3.63, 3.8) is 0 Å². The number of imide groups is 1. The standard InChI is InChI=1S/C23H28N4O3/c1-16-6-10-20(11-7-16)27-17(2)22(29)26(23(27)30)15-21(28)25(5)14-18-8-12-19(13-9-18)24(3)4/h6-13,17H,14-15H2,1-5H3/t17-/m1/s1. The van der Waals surface area contributed by atoms with E-state index in [2.05, 4.69) is 0 Å². The van der Waals surface area contributed by atoms with Crippen LogP contribution in [0.1, 0.15) is 18.1 Å². The third-order valence-corrected chi connectivity index (χ3v) is 5.35. The lowest BCUT2D eigenvalue weighted by atomic mass is 10.2. The number of amides is 4. The first-order valence-electron chi connectivity index (χ1n) is 9.90. The zero-order chi connectivity index (χ0) is 22.0. The fourth-order valence-corrected chi connectivity index (χ4v) is 3.43. The molecule has 0 aromatic heterocycles. The maximum atomic E-state index is 12.9. The fraction of sp³-hybridized carbons (Fsp3) is 0.348. The zero-order valence-electron chi connectivity index (χ0n) is 18.1. The molecule has 1 aliphatic rings. The molecular formula is C23H28N4O3. The van der Waals surface area contributed by atoms with Crippen molar-refractivity contribution >= 4 is 29.2 Å². The average Bonchev–Trinajstić information content (AvgIpc) is 2.92. The van der Waals surface area contributed by atoms with Gasteiger partial charge in [0.2, 0.25) is 5.91 Å². The van der Waals surface area contributed by atoms with Crippen LogP contribution in [0.15, 0.2) is 48.5 Å².